The number of hydrogen-bond acceptors (Lipinski definition) is 5. The van der Waals surface area contributed by atoms with Gasteiger partial charge in [0.25, 0.3) is 0 Å². The highest BCUT2D eigenvalue weighted by atomic mass is 32.2. The fourth-order valence-electron chi connectivity index (χ4n) is 2.27. The molecule has 0 aromatic heterocycles. The third-order valence-corrected chi connectivity index (χ3v) is 4.83. The molecule has 10 heteroatoms. The van der Waals surface area contributed by atoms with Gasteiger partial charge < -0.3 is 9.29 Å². The van der Waals surface area contributed by atoms with Crippen LogP contribution in [0.25, 0.3) is 0 Å². The van der Waals surface area contributed by atoms with E-state index in [1.807, 2.05) is 0 Å². The standard InChI is InChI=1S/C16H28F4O5S/c1-2-3-4-5-6-7-8-9-10-11-14(21)25-13-12-15(17,18)16(19,20)26(22,23)24/h2-13H2,1H3,(H,22,23,24)/p-1. The minimum Gasteiger partial charge on any atom is -0.743 e. The van der Waals surface area contributed by atoms with Gasteiger partial charge in [-0.25, -0.2) is 8.42 Å². The van der Waals surface area contributed by atoms with Crippen LogP contribution in [0.15, 0.2) is 0 Å². The molecule has 0 saturated carbocycles. The van der Waals surface area contributed by atoms with E-state index in [2.05, 4.69) is 11.7 Å². The van der Waals surface area contributed by atoms with E-state index in [9.17, 15) is 35.3 Å². The molecule has 156 valence electrons. The number of carbonyl (C=O) groups is 1. The van der Waals surface area contributed by atoms with E-state index in [1.165, 1.54) is 25.7 Å². The SMILES string of the molecule is CCCCCCCCCCCC(=O)OCCC(F)(F)C(F)(F)S(=O)(=O)[O-]. The first kappa shape index (κ1) is 25.1. The zero-order chi connectivity index (χ0) is 20.3. The van der Waals surface area contributed by atoms with Gasteiger partial charge in [0.05, 0.1) is 13.0 Å². The summed E-state index contributed by atoms with van der Waals surface area (Å²) in [6.07, 6.45) is 7.37. The Morgan fingerprint density at radius 1 is 0.923 bits per heavy atom. The Balaban J connectivity index is 3.87. The molecule has 0 spiro atoms. The van der Waals surface area contributed by atoms with E-state index >= 15 is 0 Å². The highest BCUT2D eigenvalue weighted by molar-refractivity contribution is 7.86. The molecule has 0 fully saturated rings. The molecule has 0 aliphatic carbocycles. The van der Waals surface area contributed by atoms with Crippen molar-refractivity contribution < 1.29 is 40.1 Å². The first-order chi connectivity index (χ1) is 12.0. The molecule has 26 heavy (non-hydrogen) atoms. The van der Waals surface area contributed by atoms with Crippen molar-refractivity contribution in [2.24, 2.45) is 0 Å². The van der Waals surface area contributed by atoms with Crippen LogP contribution in [0.1, 0.15) is 77.6 Å². The Bertz CT molecular complexity index is 509. The van der Waals surface area contributed by atoms with Crippen LogP contribution >= 0.6 is 0 Å². The number of alkyl halides is 4. The smallest absolute Gasteiger partial charge is 0.396 e. The van der Waals surface area contributed by atoms with Crippen molar-refractivity contribution >= 4 is 16.1 Å². The average molecular weight is 407 g/mol. The molecule has 5 nitrogen and oxygen atoms in total. The predicted octanol–water partition coefficient (Wildman–Crippen LogP) is 4.61. The van der Waals surface area contributed by atoms with Crippen molar-refractivity contribution in [1.82, 2.24) is 0 Å². The van der Waals surface area contributed by atoms with E-state index in [4.69, 9.17) is 0 Å². The molecule has 0 bridgehead atoms. The topological polar surface area (TPSA) is 83.5 Å². The predicted molar refractivity (Wildman–Crippen MR) is 87.0 cm³/mol. The molecule has 0 N–H and O–H groups in total. The van der Waals surface area contributed by atoms with E-state index in [0.29, 0.717) is 6.42 Å². The Morgan fingerprint density at radius 2 is 1.38 bits per heavy atom. The van der Waals surface area contributed by atoms with Crippen molar-refractivity contribution in [3.05, 3.63) is 0 Å². The number of carbonyl (C=O) groups excluding carboxylic acids is 1. The van der Waals surface area contributed by atoms with Gasteiger partial charge in [0.1, 0.15) is 0 Å². The summed E-state index contributed by atoms with van der Waals surface area (Å²) in [7, 11) is -6.52. The third kappa shape index (κ3) is 9.16. The molecule has 0 heterocycles. The van der Waals surface area contributed by atoms with Crippen molar-refractivity contribution in [2.45, 2.75) is 88.7 Å². The first-order valence-corrected chi connectivity index (χ1v) is 10.2. The summed E-state index contributed by atoms with van der Waals surface area (Å²) >= 11 is 0. The van der Waals surface area contributed by atoms with Gasteiger partial charge in [-0.1, -0.05) is 58.3 Å². The largest absolute Gasteiger partial charge is 0.743 e. The highest BCUT2D eigenvalue weighted by Gasteiger charge is 2.61. The summed E-state index contributed by atoms with van der Waals surface area (Å²) in [5.41, 5.74) is 0. The van der Waals surface area contributed by atoms with E-state index in [1.54, 1.807) is 0 Å². The Hall–Kier alpha value is -0.900. The van der Waals surface area contributed by atoms with Crippen LogP contribution < -0.4 is 0 Å². The minimum absolute atomic E-state index is 0.0301. The lowest BCUT2D eigenvalue weighted by atomic mass is 10.1. The highest BCUT2D eigenvalue weighted by Crippen LogP contribution is 2.40. The van der Waals surface area contributed by atoms with E-state index < -0.39 is 40.3 Å². The van der Waals surface area contributed by atoms with Gasteiger partial charge in [0.15, 0.2) is 10.1 Å². The van der Waals surface area contributed by atoms with Crippen LogP contribution in [0, 0.1) is 0 Å². The zero-order valence-electron chi connectivity index (χ0n) is 14.9. The van der Waals surface area contributed by atoms with Gasteiger partial charge in [-0.2, -0.15) is 17.6 Å². The van der Waals surface area contributed by atoms with Crippen molar-refractivity contribution in [1.29, 1.82) is 0 Å². The van der Waals surface area contributed by atoms with E-state index in [-0.39, 0.29) is 6.42 Å². The first-order valence-electron chi connectivity index (χ1n) is 8.82. The maximum Gasteiger partial charge on any atom is 0.396 e. The van der Waals surface area contributed by atoms with Gasteiger partial charge in [0.2, 0.25) is 0 Å². The molecule has 0 aromatic carbocycles. The molecule has 0 amide bonds. The van der Waals surface area contributed by atoms with Gasteiger partial charge in [-0.3, -0.25) is 4.79 Å². The van der Waals surface area contributed by atoms with Crippen LogP contribution in [0.4, 0.5) is 17.6 Å². The normalized spacial score (nSPS) is 13.0. The van der Waals surface area contributed by atoms with Crippen molar-refractivity contribution in [2.75, 3.05) is 6.61 Å². The van der Waals surface area contributed by atoms with Crippen LogP contribution in [0.3, 0.4) is 0 Å². The Morgan fingerprint density at radius 3 is 1.85 bits per heavy atom. The van der Waals surface area contributed by atoms with E-state index in [0.717, 1.165) is 25.7 Å². The van der Waals surface area contributed by atoms with Crippen LogP contribution in [0.5, 0.6) is 0 Å². The second-order valence-electron chi connectivity index (χ2n) is 6.22. The maximum absolute atomic E-state index is 13.1. The number of ether oxygens (including phenoxy) is 1. The third-order valence-electron chi connectivity index (χ3n) is 3.90. The number of rotatable bonds is 15. The molecule has 0 aromatic rings. The average Bonchev–Trinajstić information content (AvgIpc) is 2.52. The number of unbranched alkanes of at least 4 members (excludes halogenated alkanes) is 8. The zero-order valence-corrected chi connectivity index (χ0v) is 15.8. The summed E-state index contributed by atoms with van der Waals surface area (Å²) in [6.45, 7) is 1.05. The molecule has 0 saturated heterocycles. The molecular formula is C16H27F4O5S-. The summed E-state index contributed by atoms with van der Waals surface area (Å²) < 4.78 is 87.0. The summed E-state index contributed by atoms with van der Waals surface area (Å²) in [5.74, 6) is -5.93. The fourth-order valence-corrected chi connectivity index (χ4v) is 2.74. The van der Waals surface area contributed by atoms with Gasteiger partial charge >= 0.3 is 17.1 Å². The summed E-state index contributed by atoms with van der Waals surface area (Å²) in [6, 6.07) is 0. The monoisotopic (exact) mass is 407 g/mol. The van der Waals surface area contributed by atoms with Crippen LogP contribution in [0.2, 0.25) is 0 Å². The van der Waals surface area contributed by atoms with Crippen LogP contribution in [-0.2, 0) is 19.6 Å². The lowest BCUT2D eigenvalue weighted by Gasteiger charge is -2.28. The number of esters is 1. The number of halogens is 4. The number of hydrogen-bond donors (Lipinski definition) is 0. The second kappa shape index (κ2) is 11.7. The summed E-state index contributed by atoms with van der Waals surface area (Å²) in [4.78, 5) is 11.3. The van der Waals surface area contributed by atoms with Gasteiger partial charge in [0, 0.05) is 6.42 Å². The van der Waals surface area contributed by atoms with Gasteiger partial charge in [-0.05, 0) is 6.42 Å². The summed E-state index contributed by atoms with van der Waals surface area (Å²) in [5, 5.41) is -5.75. The lowest BCUT2D eigenvalue weighted by molar-refractivity contribution is -0.174. The molecular weight excluding hydrogens is 380 g/mol. The molecule has 0 radical (unpaired) electrons. The van der Waals surface area contributed by atoms with Crippen LogP contribution in [-0.4, -0.2) is 36.7 Å². The maximum atomic E-state index is 13.1. The van der Waals surface area contributed by atoms with Crippen molar-refractivity contribution in [3.63, 3.8) is 0 Å². The van der Waals surface area contributed by atoms with Crippen molar-refractivity contribution in [3.8, 4) is 0 Å². The molecule has 0 unspecified atom stereocenters. The molecule has 0 aliphatic rings. The minimum atomic E-state index is -6.52. The molecule has 0 atom stereocenters. The molecule has 0 rings (SSSR count). The Labute approximate surface area is 152 Å². The fraction of sp³-hybridized carbons (Fsp3) is 0.938. The quantitative estimate of drug-likeness (QED) is 0.171. The lowest BCUT2D eigenvalue weighted by Crippen LogP contribution is -2.47. The molecule has 0 aliphatic heterocycles. The van der Waals surface area contributed by atoms with Gasteiger partial charge in [-0.15, -0.1) is 0 Å². The second-order valence-corrected chi connectivity index (χ2v) is 7.65. The Kier molecular flexibility index (Phi) is 11.3.